The number of carbonyl (C=O) groups excluding carboxylic acids is 13. The molecule has 0 unspecified atom stereocenters. The number of carbonyl (C=O) groups is 13. The lowest BCUT2D eigenvalue weighted by Gasteiger charge is -2.32. The van der Waals surface area contributed by atoms with E-state index in [0.29, 0.717) is 55.4 Å². The van der Waals surface area contributed by atoms with Crippen LogP contribution in [0.3, 0.4) is 0 Å². The summed E-state index contributed by atoms with van der Waals surface area (Å²) in [7, 11) is 0. The monoisotopic (exact) mass is 1350 g/mol. The van der Waals surface area contributed by atoms with Crippen LogP contribution < -0.4 is 82.7 Å². The molecule has 2 aromatic rings. The summed E-state index contributed by atoms with van der Waals surface area (Å²) in [6, 6.07) is 4.51. The fourth-order valence-corrected chi connectivity index (χ4v) is 11.5. The SMILES string of the molecule is CSCC[C@H](NC(=O)[C@@H](CC(C)C)NC(=O)CNC(=O)[C@@H](Cc1ccccc1)NC(=O)[C@@H](Cc1ccccc1)NC(=O)[C@@H](CCC(N)=O)NC(=O)[C@@H](CCC(N)=O)NC(=O)[C@H]1CCCN1C(=O)[C@@H](CCCCN)NC(=O)[C@@H]1CCCN1C(=O)[C@@H](N)CCCN=C(N)N)C(N)=O. The van der Waals surface area contributed by atoms with E-state index >= 15 is 0 Å². The number of rotatable bonds is 42. The molecule has 2 aliphatic rings. The Kier molecular flexibility index (Phi) is 33.9. The predicted octanol–water partition coefficient (Wildman–Crippen LogP) is -3.71. The van der Waals surface area contributed by atoms with Crippen LogP contribution in [0, 0.1) is 5.92 Å². The molecule has 4 rings (SSSR count). The summed E-state index contributed by atoms with van der Waals surface area (Å²) in [5, 5.41) is 21.1. The van der Waals surface area contributed by atoms with Gasteiger partial charge in [-0.25, -0.2) is 0 Å². The standard InChI is InChI=1S/C63H98N18O13S/c1-37(2)33-45(57(89)74-41(53(68)85)27-32-95-3)73-52(84)36-72-54(86)46(34-38-15-6-4-7-16-38)78-58(90)47(35-39-17-8-5-9-18-39)79-56(88)42(23-25-50(66)82)75-55(87)43(24-26-51(67)83)76-59(91)49-22-14-31-81(49)62(94)44(20-10-11-28-64)77-60(92)48-21-13-30-80(48)61(93)40(65)19-12-29-71-63(69)70/h4-9,15-18,37,40-49H,10-14,19-36,64-65H2,1-3H3,(H2,66,82)(H2,67,83)(H2,68,85)(H,72,86)(H,73,84)(H,74,89)(H,75,87)(H,76,91)(H,77,92)(H,78,90)(H,79,88)(H4,69,70,71)/t40-,41-,42+,43+,44+,45+,46+,47+,48-,49+/m0/s1. The molecule has 2 fully saturated rings. The highest BCUT2D eigenvalue weighted by Gasteiger charge is 2.42. The van der Waals surface area contributed by atoms with Crippen LogP contribution in [0.5, 0.6) is 0 Å². The molecular weight excluding hydrogens is 1250 g/mol. The molecule has 0 aromatic heterocycles. The van der Waals surface area contributed by atoms with Gasteiger partial charge in [-0.2, -0.15) is 11.8 Å². The van der Waals surface area contributed by atoms with Crippen LogP contribution >= 0.6 is 11.8 Å². The number of benzene rings is 2. The number of hydrogen-bond acceptors (Lipinski definition) is 17. The van der Waals surface area contributed by atoms with Gasteiger partial charge in [-0.15, -0.1) is 0 Å². The molecule has 31 nitrogen and oxygen atoms in total. The van der Waals surface area contributed by atoms with Gasteiger partial charge in [0.05, 0.1) is 12.6 Å². The first-order chi connectivity index (χ1) is 45.2. The van der Waals surface area contributed by atoms with Crippen molar-refractivity contribution in [2.24, 2.45) is 51.0 Å². The van der Waals surface area contributed by atoms with Crippen molar-refractivity contribution in [3.05, 3.63) is 71.8 Å². The molecule has 0 spiro atoms. The number of unbranched alkanes of at least 4 members (excludes halogenated alkanes) is 1. The maximum absolute atomic E-state index is 14.7. The summed E-state index contributed by atoms with van der Waals surface area (Å²) in [4.78, 5) is 185. The van der Waals surface area contributed by atoms with E-state index in [1.165, 1.54) is 21.6 Å². The van der Waals surface area contributed by atoms with Crippen molar-refractivity contribution in [3.63, 3.8) is 0 Å². The molecule has 0 aliphatic carbocycles. The molecule has 0 radical (unpaired) electrons. The van der Waals surface area contributed by atoms with Gasteiger partial charge in [0.25, 0.3) is 0 Å². The topological polar surface area (TPSA) is 519 Å². The minimum absolute atomic E-state index is 0.0736. The molecule has 2 saturated heterocycles. The number of nitrogens with one attached hydrogen (secondary N) is 8. The Morgan fingerprint density at radius 2 is 1.01 bits per heavy atom. The van der Waals surface area contributed by atoms with Gasteiger partial charge in [-0.05, 0) is 119 Å². The highest BCUT2D eigenvalue weighted by molar-refractivity contribution is 7.98. The summed E-state index contributed by atoms with van der Waals surface area (Å²) in [6.45, 7) is 3.86. The van der Waals surface area contributed by atoms with E-state index in [1.54, 1.807) is 60.7 Å². The van der Waals surface area contributed by atoms with Crippen molar-refractivity contribution >= 4 is 94.5 Å². The summed E-state index contributed by atoms with van der Waals surface area (Å²) < 4.78 is 0. The summed E-state index contributed by atoms with van der Waals surface area (Å²) in [6.07, 6.45) is 3.12. The summed E-state index contributed by atoms with van der Waals surface area (Å²) in [5.74, 6) is -9.80. The number of nitrogens with zero attached hydrogens (tertiary/aromatic N) is 3. The molecular formula is C63H98N18O13S. The van der Waals surface area contributed by atoms with Crippen molar-refractivity contribution in [1.29, 1.82) is 0 Å². The lowest BCUT2D eigenvalue weighted by atomic mass is 10.0. The molecule has 10 atom stereocenters. The maximum atomic E-state index is 14.7. The van der Waals surface area contributed by atoms with E-state index in [4.69, 9.17) is 40.1 Å². The number of primary amides is 3. The molecule has 32 heteroatoms. The number of guanidine groups is 1. The Balaban J connectivity index is 1.56. The molecule has 2 aromatic carbocycles. The van der Waals surface area contributed by atoms with E-state index in [1.807, 2.05) is 20.1 Å². The van der Waals surface area contributed by atoms with Gasteiger partial charge in [0.15, 0.2) is 5.96 Å². The first kappa shape index (κ1) is 78.5. The van der Waals surface area contributed by atoms with E-state index in [2.05, 4.69) is 47.5 Å². The van der Waals surface area contributed by atoms with Crippen LogP contribution in [-0.4, -0.2) is 198 Å². The average molecular weight is 1350 g/mol. The lowest BCUT2D eigenvalue weighted by molar-refractivity contribution is -0.144. The van der Waals surface area contributed by atoms with Crippen LogP contribution in [0.2, 0.25) is 0 Å². The van der Waals surface area contributed by atoms with Gasteiger partial charge in [-0.1, -0.05) is 74.5 Å². The normalized spacial score (nSPS) is 16.8. The second-order valence-electron chi connectivity index (χ2n) is 24.1. The molecule has 13 amide bonds. The van der Waals surface area contributed by atoms with Crippen LogP contribution in [0.15, 0.2) is 65.7 Å². The average Bonchev–Trinajstić information content (AvgIpc) is 1.74. The number of amides is 13. The van der Waals surface area contributed by atoms with E-state index in [-0.39, 0.29) is 83.0 Å². The van der Waals surface area contributed by atoms with Gasteiger partial charge >= 0.3 is 0 Å². The van der Waals surface area contributed by atoms with E-state index in [0.717, 1.165) is 0 Å². The number of hydrogen-bond donors (Lipinski definition) is 15. The van der Waals surface area contributed by atoms with Crippen molar-refractivity contribution in [2.45, 2.75) is 183 Å². The Hall–Kier alpha value is -8.91. The second kappa shape index (κ2) is 41.0. The Labute approximate surface area is 558 Å². The molecule has 0 saturated carbocycles. The second-order valence-corrected chi connectivity index (χ2v) is 25.1. The van der Waals surface area contributed by atoms with Gasteiger partial charge in [0, 0.05) is 45.3 Å². The number of nitrogens with two attached hydrogens (primary N) is 7. The largest absolute Gasteiger partial charge is 0.370 e. The Morgan fingerprint density at radius 1 is 0.537 bits per heavy atom. The zero-order chi connectivity index (χ0) is 70.1. The molecule has 2 heterocycles. The molecule has 2 aliphatic heterocycles. The van der Waals surface area contributed by atoms with E-state index in [9.17, 15) is 62.3 Å². The highest BCUT2D eigenvalue weighted by atomic mass is 32.2. The summed E-state index contributed by atoms with van der Waals surface area (Å²) in [5.41, 5.74) is 40.6. The highest BCUT2D eigenvalue weighted by Crippen LogP contribution is 2.24. The van der Waals surface area contributed by atoms with Crippen molar-refractivity contribution in [1.82, 2.24) is 52.3 Å². The third-order valence-electron chi connectivity index (χ3n) is 16.0. The number of aliphatic imine (C=N–C) groups is 1. The maximum Gasteiger partial charge on any atom is 0.245 e. The van der Waals surface area contributed by atoms with Crippen LogP contribution in [0.4, 0.5) is 0 Å². The minimum Gasteiger partial charge on any atom is -0.370 e. The first-order valence-corrected chi connectivity index (χ1v) is 33.6. The molecule has 524 valence electrons. The third kappa shape index (κ3) is 27.5. The lowest BCUT2D eigenvalue weighted by Crippen LogP contribution is -2.60. The summed E-state index contributed by atoms with van der Waals surface area (Å²) >= 11 is 1.45. The molecule has 0 bridgehead atoms. The van der Waals surface area contributed by atoms with Crippen LogP contribution in [-0.2, 0) is 75.2 Å². The van der Waals surface area contributed by atoms with Gasteiger partial charge in [0.1, 0.15) is 54.4 Å². The fourth-order valence-electron chi connectivity index (χ4n) is 11.0. The fraction of sp³-hybridized carbons (Fsp3) is 0.587. The Bertz CT molecular complexity index is 2960. The smallest absolute Gasteiger partial charge is 0.245 e. The zero-order valence-corrected chi connectivity index (χ0v) is 55.3. The number of likely N-dealkylation sites (tertiary alicyclic amines) is 2. The quantitative estimate of drug-likeness (QED) is 0.0173. The zero-order valence-electron chi connectivity index (χ0n) is 54.5. The van der Waals surface area contributed by atoms with Gasteiger partial charge < -0.3 is 92.5 Å². The molecule has 22 N–H and O–H groups in total. The molecule has 95 heavy (non-hydrogen) atoms. The number of thioether (sulfide) groups is 1. The van der Waals surface area contributed by atoms with Gasteiger partial charge in [0.2, 0.25) is 76.8 Å². The first-order valence-electron chi connectivity index (χ1n) is 32.2. The van der Waals surface area contributed by atoms with Crippen LogP contribution in [0.25, 0.3) is 0 Å². The Morgan fingerprint density at radius 3 is 1.51 bits per heavy atom. The van der Waals surface area contributed by atoms with Crippen molar-refractivity contribution in [3.8, 4) is 0 Å². The third-order valence-corrected chi connectivity index (χ3v) is 16.7. The van der Waals surface area contributed by atoms with Crippen molar-refractivity contribution in [2.75, 3.05) is 44.7 Å². The minimum atomic E-state index is -1.64. The van der Waals surface area contributed by atoms with E-state index < -0.39 is 169 Å². The predicted molar refractivity (Wildman–Crippen MR) is 356 cm³/mol. The van der Waals surface area contributed by atoms with Crippen molar-refractivity contribution < 1.29 is 62.3 Å². The van der Waals surface area contributed by atoms with Crippen LogP contribution in [0.1, 0.15) is 121 Å². The van der Waals surface area contributed by atoms with Gasteiger partial charge in [-0.3, -0.25) is 67.3 Å².